The van der Waals surface area contributed by atoms with Crippen LogP contribution in [0.5, 0.6) is 5.75 Å². The number of rotatable bonds is 11. The highest BCUT2D eigenvalue weighted by molar-refractivity contribution is 5.89. The van der Waals surface area contributed by atoms with E-state index in [-0.39, 0.29) is 11.3 Å². The molecule has 3 heteroatoms. The van der Waals surface area contributed by atoms with Crippen LogP contribution in [0.15, 0.2) is 36.4 Å². The van der Waals surface area contributed by atoms with Gasteiger partial charge in [-0.2, -0.15) is 0 Å². The third-order valence-corrected chi connectivity index (χ3v) is 5.17. The molecule has 0 saturated heterocycles. The molecule has 0 radical (unpaired) electrons. The first kappa shape index (κ1) is 21.3. The fraction of sp³-hybridized carbons (Fsp3) is 0.542. The van der Waals surface area contributed by atoms with E-state index in [1.54, 1.807) is 0 Å². The van der Waals surface area contributed by atoms with Gasteiger partial charge < -0.3 is 10.4 Å². The van der Waals surface area contributed by atoms with Crippen molar-refractivity contribution >= 4 is 16.7 Å². The molecule has 0 saturated carbocycles. The molecule has 2 aromatic carbocycles. The molecule has 0 spiro atoms. The molecule has 0 aromatic heterocycles. The second kappa shape index (κ2) is 10.3. The number of benzene rings is 2. The van der Waals surface area contributed by atoms with E-state index < -0.39 is 0 Å². The quantitative estimate of drug-likeness (QED) is 0.479. The number of hydrogen-bond donors (Lipinski definition) is 2. The summed E-state index contributed by atoms with van der Waals surface area (Å²) in [5, 5.41) is 15.6. The summed E-state index contributed by atoms with van der Waals surface area (Å²) in [5.41, 5.74) is 0.820. The summed E-state index contributed by atoms with van der Waals surface area (Å²) in [6, 6.07) is 11.9. The number of hydrogen-bond acceptors (Lipinski definition) is 2. The normalized spacial score (nSPS) is 11.7. The Labute approximate surface area is 164 Å². The van der Waals surface area contributed by atoms with Gasteiger partial charge >= 0.3 is 0 Å². The predicted molar refractivity (Wildman–Crippen MR) is 114 cm³/mol. The molecule has 0 aliphatic heterocycles. The van der Waals surface area contributed by atoms with E-state index in [4.69, 9.17) is 0 Å². The smallest absolute Gasteiger partial charge is 0.220 e. The fourth-order valence-corrected chi connectivity index (χ4v) is 3.51. The third kappa shape index (κ3) is 6.89. The van der Waals surface area contributed by atoms with Gasteiger partial charge in [-0.05, 0) is 29.2 Å². The van der Waals surface area contributed by atoms with Gasteiger partial charge in [0.1, 0.15) is 5.75 Å². The van der Waals surface area contributed by atoms with Crippen LogP contribution in [0.4, 0.5) is 0 Å². The van der Waals surface area contributed by atoms with Crippen molar-refractivity contribution in [3.8, 4) is 5.75 Å². The molecule has 0 aliphatic rings. The molecule has 0 heterocycles. The van der Waals surface area contributed by atoms with Gasteiger partial charge in [-0.3, -0.25) is 4.79 Å². The van der Waals surface area contributed by atoms with Crippen LogP contribution in [-0.2, 0) is 11.2 Å². The molecule has 2 N–H and O–H groups in total. The number of amides is 1. The fourth-order valence-electron chi connectivity index (χ4n) is 3.51. The molecule has 148 valence electrons. The highest BCUT2D eigenvalue weighted by Crippen LogP contribution is 2.33. The van der Waals surface area contributed by atoms with Crippen LogP contribution < -0.4 is 5.32 Å². The molecular formula is C24H35NO2. The molecule has 0 unspecified atom stereocenters. The highest BCUT2D eigenvalue weighted by Gasteiger charge is 2.21. The maximum Gasteiger partial charge on any atom is 0.220 e. The van der Waals surface area contributed by atoms with E-state index in [0.29, 0.717) is 18.7 Å². The zero-order valence-electron chi connectivity index (χ0n) is 17.2. The molecule has 0 aliphatic carbocycles. The van der Waals surface area contributed by atoms with Gasteiger partial charge in [-0.25, -0.2) is 0 Å². The maximum atomic E-state index is 12.1. The van der Waals surface area contributed by atoms with Crippen molar-refractivity contribution in [2.75, 3.05) is 6.54 Å². The Kier molecular flexibility index (Phi) is 8.15. The largest absolute Gasteiger partial charge is 0.507 e. The van der Waals surface area contributed by atoms with Crippen molar-refractivity contribution in [1.82, 2.24) is 5.32 Å². The molecule has 0 fully saturated rings. The SMILES string of the molecule is CCCCCCCCC(=O)NCC(C)(C)Cc1ccc2ccccc2c1O. The van der Waals surface area contributed by atoms with Gasteiger partial charge in [0.05, 0.1) is 0 Å². The van der Waals surface area contributed by atoms with Gasteiger partial charge in [0.2, 0.25) is 5.91 Å². The number of carbonyl (C=O) groups is 1. The Morgan fingerprint density at radius 1 is 1.00 bits per heavy atom. The third-order valence-electron chi connectivity index (χ3n) is 5.17. The zero-order chi connectivity index (χ0) is 19.7. The molecule has 0 atom stereocenters. The summed E-state index contributed by atoms with van der Waals surface area (Å²) >= 11 is 0. The van der Waals surface area contributed by atoms with Crippen molar-refractivity contribution in [3.63, 3.8) is 0 Å². The topological polar surface area (TPSA) is 49.3 Å². The predicted octanol–water partition coefficient (Wildman–Crippen LogP) is 5.98. The van der Waals surface area contributed by atoms with Crippen molar-refractivity contribution in [2.24, 2.45) is 5.41 Å². The first-order valence-electron chi connectivity index (χ1n) is 10.4. The van der Waals surface area contributed by atoms with E-state index in [0.717, 1.165) is 35.6 Å². The van der Waals surface area contributed by atoms with Crippen LogP contribution >= 0.6 is 0 Å². The molecule has 2 aromatic rings. The number of phenolic OH excluding ortho intramolecular Hbond substituents is 1. The van der Waals surface area contributed by atoms with E-state index in [2.05, 4.69) is 32.2 Å². The van der Waals surface area contributed by atoms with E-state index in [9.17, 15) is 9.90 Å². The Bertz CT molecular complexity index is 736. The first-order valence-corrected chi connectivity index (χ1v) is 10.4. The first-order chi connectivity index (χ1) is 12.9. The number of fused-ring (bicyclic) bond motifs is 1. The Balaban J connectivity index is 1.81. The molecular weight excluding hydrogens is 334 g/mol. The van der Waals surface area contributed by atoms with Gasteiger partial charge in [0.25, 0.3) is 0 Å². The molecule has 0 bridgehead atoms. The lowest BCUT2D eigenvalue weighted by atomic mass is 9.84. The van der Waals surface area contributed by atoms with Crippen molar-refractivity contribution in [1.29, 1.82) is 0 Å². The van der Waals surface area contributed by atoms with Crippen LogP contribution in [-0.4, -0.2) is 17.6 Å². The summed E-state index contributed by atoms with van der Waals surface area (Å²) in [6.45, 7) is 7.10. The average Bonchev–Trinajstić information content (AvgIpc) is 2.65. The number of nitrogens with one attached hydrogen (secondary N) is 1. The van der Waals surface area contributed by atoms with Crippen LogP contribution in [0.2, 0.25) is 0 Å². The van der Waals surface area contributed by atoms with Crippen LogP contribution in [0.3, 0.4) is 0 Å². The molecule has 2 rings (SSSR count). The summed E-state index contributed by atoms with van der Waals surface area (Å²) < 4.78 is 0. The minimum atomic E-state index is -0.114. The Hall–Kier alpha value is -2.03. The Morgan fingerprint density at radius 3 is 2.48 bits per heavy atom. The lowest BCUT2D eigenvalue weighted by Gasteiger charge is -2.26. The summed E-state index contributed by atoms with van der Waals surface area (Å²) in [5.74, 6) is 0.501. The number of carbonyl (C=O) groups excluding carboxylic acids is 1. The van der Waals surface area contributed by atoms with Gasteiger partial charge in [0, 0.05) is 18.4 Å². The lowest BCUT2D eigenvalue weighted by molar-refractivity contribution is -0.121. The van der Waals surface area contributed by atoms with Crippen molar-refractivity contribution in [3.05, 3.63) is 42.0 Å². The zero-order valence-corrected chi connectivity index (χ0v) is 17.2. The van der Waals surface area contributed by atoms with E-state index in [1.165, 1.54) is 25.7 Å². The van der Waals surface area contributed by atoms with Gasteiger partial charge in [-0.1, -0.05) is 89.3 Å². The standard InChI is InChI=1S/C24H35NO2/c1-4-5-6-7-8-9-14-22(26)25-18-24(2,3)17-20-16-15-19-12-10-11-13-21(19)23(20)27/h10-13,15-16,27H,4-9,14,17-18H2,1-3H3,(H,25,26). The van der Waals surface area contributed by atoms with Crippen molar-refractivity contribution < 1.29 is 9.90 Å². The average molecular weight is 370 g/mol. The van der Waals surface area contributed by atoms with Crippen LogP contribution in [0, 0.1) is 5.41 Å². The molecule has 3 nitrogen and oxygen atoms in total. The number of unbranched alkanes of at least 4 members (excludes halogenated alkanes) is 5. The Morgan fingerprint density at radius 2 is 1.70 bits per heavy atom. The summed E-state index contributed by atoms with van der Waals surface area (Å²) in [6.07, 6.45) is 8.51. The van der Waals surface area contributed by atoms with E-state index in [1.807, 2.05) is 30.3 Å². The summed E-state index contributed by atoms with van der Waals surface area (Å²) in [4.78, 5) is 12.1. The second-order valence-electron chi connectivity index (χ2n) is 8.43. The van der Waals surface area contributed by atoms with Gasteiger partial charge in [0.15, 0.2) is 0 Å². The minimum Gasteiger partial charge on any atom is -0.507 e. The number of aromatic hydroxyl groups is 1. The molecule has 27 heavy (non-hydrogen) atoms. The van der Waals surface area contributed by atoms with E-state index >= 15 is 0 Å². The summed E-state index contributed by atoms with van der Waals surface area (Å²) in [7, 11) is 0. The lowest BCUT2D eigenvalue weighted by Crippen LogP contribution is -2.35. The minimum absolute atomic E-state index is 0.114. The second-order valence-corrected chi connectivity index (χ2v) is 8.43. The van der Waals surface area contributed by atoms with Gasteiger partial charge in [-0.15, -0.1) is 0 Å². The monoisotopic (exact) mass is 369 g/mol. The highest BCUT2D eigenvalue weighted by atomic mass is 16.3. The van der Waals surface area contributed by atoms with Crippen LogP contribution in [0.1, 0.15) is 71.3 Å². The number of phenols is 1. The van der Waals surface area contributed by atoms with Crippen molar-refractivity contribution in [2.45, 2.75) is 72.1 Å². The van der Waals surface area contributed by atoms with Crippen LogP contribution in [0.25, 0.3) is 10.8 Å². The maximum absolute atomic E-state index is 12.1. The molecule has 1 amide bonds.